The van der Waals surface area contributed by atoms with Gasteiger partial charge in [-0.3, -0.25) is 13.8 Å². The molecule has 0 aliphatic rings. The molecule has 3 N–H and O–H groups in total. The summed E-state index contributed by atoms with van der Waals surface area (Å²) in [6, 6.07) is -1.15. The number of allylic oxidation sites excluding steroid dienone is 3. The van der Waals surface area contributed by atoms with E-state index in [1.165, 1.54) is 115 Å². The lowest BCUT2D eigenvalue weighted by Crippen LogP contribution is -2.45. The summed E-state index contributed by atoms with van der Waals surface area (Å²) in [5.41, 5.74) is 0. The Labute approximate surface area is 334 Å². The molecule has 0 bridgehead atoms. The first kappa shape index (κ1) is 36.6. The number of phosphoric acid groups is 1. The fourth-order valence-electron chi connectivity index (χ4n) is 6.02. The van der Waals surface area contributed by atoms with Crippen LogP contribution in [0.1, 0.15) is 206 Å². The highest BCUT2D eigenvalue weighted by molar-refractivity contribution is 7.47. The molecule has 0 heterocycles. The van der Waals surface area contributed by atoms with Gasteiger partial charge in [0.05, 0.1) is 52.0 Å². The van der Waals surface area contributed by atoms with Crippen molar-refractivity contribution in [3.05, 3.63) is 24.3 Å². The predicted octanol–water partition coefficient (Wildman–Crippen LogP) is 11.7. The normalized spacial score (nSPS) is 18.0. The molecule has 0 saturated heterocycles. The number of carbonyl (C=O) groups is 1. The number of hydrogen-bond acceptors (Lipinski definition) is 5. The van der Waals surface area contributed by atoms with Crippen LogP contribution in [0.25, 0.3) is 0 Å². The van der Waals surface area contributed by atoms with Gasteiger partial charge in [0.2, 0.25) is 5.91 Å². The third-order valence-corrected chi connectivity index (χ3v) is 10.3. The topological polar surface area (TPSA) is 105 Å². The van der Waals surface area contributed by atoms with E-state index in [4.69, 9.17) is 21.4 Å². The van der Waals surface area contributed by atoms with E-state index >= 15 is 0 Å². The van der Waals surface area contributed by atoms with Crippen LogP contribution in [0.2, 0.25) is 0 Å². The number of aliphatic hydroxyl groups excluding tert-OH is 1. The quantitative estimate of drug-likeness (QED) is 0.0249. The third-order valence-electron chi connectivity index (χ3n) is 9.33. The number of unbranched alkanes of at least 4 members (excludes halogenated alkanes) is 24. The van der Waals surface area contributed by atoms with Crippen molar-refractivity contribution in [2.24, 2.45) is 0 Å². The molecule has 0 fully saturated rings. The molecular formula is C43H86N2O6P+. The first-order valence-electron chi connectivity index (χ1n) is 25.5. The van der Waals surface area contributed by atoms with Crippen molar-refractivity contribution in [1.82, 2.24) is 5.32 Å². The molecule has 1 unspecified atom stereocenters. The van der Waals surface area contributed by atoms with E-state index in [1.54, 1.807) is 6.08 Å². The number of rotatable bonds is 39. The number of quaternary nitrogens is 1. The molecule has 0 aromatic rings. The number of aliphatic hydroxyl groups is 1. The standard InChI is InChI=1S/C43H85N2O6P/c1-6-8-10-12-14-16-18-20-21-22-23-25-27-29-31-33-35-37-43(47)44-41(40-51-52(48,49)50-39-38-45(3,4)5)42(46)36-34-32-30-28-26-24-19-17-15-13-11-9-7-2/h20-21,34,36,41-42,46H,6-19,22-33,35,37-40H2,1-5H3,(H-,44,47,48,49)/p+1/b21-20-,36-34+/t41-,42+/m0/s1/i3D3,4D3,5D3. The number of phosphoric ester groups is 1. The minimum Gasteiger partial charge on any atom is -0.387 e. The summed E-state index contributed by atoms with van der Waals surface area (Å²) in [6.07, 6.45) is 38.0. The SMILES string of the molecule is [2H]C([2H])([2H])[N+](CCOP(=O)(O)OC[C@H](NC(=O)CCCCCCCCC/C=C\CCCCCCCC)[C@H](O)/C=C/CCCCCCCCCCCCC)(C([2H])([2H])[2H])C([2H])([2H])[2H]. The number of amides is 1. The van der Waals surface area contributed by atoms with Gasteiger partial charge in [0.25, 0.3) is 0 Å². The molecule has 0 spiro atoms. The fraction of sp³-hybridized carbons (Fsp3) is 0.884. The van der Waals surface area contributed by atoms with E-state index in [1.807, 2.05) is 0 Å². The fourth-order valence-corrected chi connectivity index (χ4v) is 6.75. The van der Waals surface area contributed by atoms with Crippen LogP contribution in [0.15, 0.2) is 24.3 Å². The summed E-state index contributed by atoms with van der Waals surface area (Å²) < 4.78 is 90.0. The summed E-state index contributed by atoms with van der Waals surface area (Å²) in [5.74, 6) is -0.372. The van der Waals surface area contributed by atoms with Crippen LogP contribution in [-0.2, 0) is 18.4 Å². The van der Waals surface area contributed by atoms with E-state index in [9.17, 15) is 19.4 Å². The summed E-state index contributed by atoms with van der Waals surface area (Å²) in [6.45, 7) is -9.11. The molecule has 0 aromatic carbocycles. The van der Waals surface area contributed by atoms with E-state index in [0.717, 1.165) is 51.4 Å². The van der Waals surface area contributed by atoms with Crippen molar-refractivity contribution in [2.75, 3.05) is 40.7 Å². The molecule has 0 rings (SSSR count). The molecule has 0 saturated carbocycles. The molecule has 0 aromatic heterocycles. The molecule has 3 atom stereocenters. The summed E-state index contributed by atoms with van der Waals surface area (Å²) in [7, 11) is -5.04. The number of likely N-dealkylation sites (N-methyl/N-ethyl adjacent to an activating group) is 1. The first-order chi connectivity index (χ1) is 28.8. The molecule has 0 aliphatic carbocycles. The summed E-state index contributed by atoms with van der Waals surface area (Å²) in [4.78, 5) is 23.4. The lowest BCUT2D eigenvalue weighted by atomic mass is 10.0. The Morgan fingerprint density at radius 3 is 1.56 bits per heavy atom. The Bertz CT molecular complexity index is 1170. The maximum atomic E-state index is 13.0. The van der Waals surface area contributed by atoms with Crippen molar-refractivity contribution < 1.29 is 45.2 Å². The number of nitrogens with one attached hydrogen (secondary N) is 1. The van der Waals surface area contributed by atoms with E-state index < -0.39 is 65.1 Å². The second-order valence-corrected chi connectivity index (χ2v) is 16.0. The number of hydrogen-bond donors (Lipinski definition) is 3. The van der Waals surface area contributed by atoms with Gasteiger partial charge < -0.3 is 19.8 Å². The average Bonchev–Trinajstić information content (AvgIpc) is 3.16. The van der Waals surface area contributed by atoms with Crippen LogP contribution in [0.3, 0.4) is 0 Å². The third kappa shape index (κ3) is 37.3. The zero-order valence-corrected chi connectivity index (χ0v) is 34.2. The Morgan fingerprint density at radius 2 is 1.10 bits per heavy atom. The molecule has 8 nitrogen and oxygen atoms in total. The highest BCUT2D eigenvalue weighted by atomic mass is 31.2. The van der Waals surface area contributed by atoms with E-state index in [2.05, 4.69) is 31.3 Å². The molecule has 52 heavy (non-hydrogen) atoms. The lowest BCUT2D eigenvalue weighted by molar-refractivity contribution is -0.870. The maximum Gasteiger partial charge on any atom is 0.472 e. The largest absolute Gasteiger partial charge is 0.472 e. The van der Waals surface area contributed by atoms with Gasteiger partial charge in [0, 0.05) is 6.42 Å². The van der Waals surface area contributed by atoms with Crippen LogP contribution < -0.4 is 5.32 Å². The van der Waals surface area contributed by atoms with Gasteiger partial charge in [0.15, 0.2) is 0 Å². The molecular weight excluding hydrogens is 671 g/mol. The van der Waals surface area contributed by atoms with Crippen molar-refractivity contribution >= 4 is 13.7 Å². The van der Waals surface area contributed by atoms with Gasteiger partial charge in [-0.25, -0.2) is 4.57 Å². The smallest absolute Gasteiger partial charge is 0.387 e. The van der Waals surface area contributed by atoms with E-state index in [-0.39, 0.29) is 12.3 Å². The number of nitrogens with zero attached hydrogens (tertiary/aromatic N) is 1. The van der Waals surface area contributed by atoms with Gasteiger partial charge in [-0.15, -0.1) is 0 Å². The molecule has 308 valence electrons. The van der Waals surface area contributed by atoms with Crippen LogP contribution in [0, 0.1) is 0 Å². The van der Waals surface area contributed by atoms with Gasteiger partial charge in [-0.1, -0.05) is 167 Å². The monoisotopic (exact) mass is 767 g/mol. The minimum atomic E-state index is -5.04. The predicted molar refractivity (Wildman–Crippen MR) is 221 cm³/mol. The van der Waals surface area contributed by atoms with E-state index in [0.29, 0.717) is 12.8 Å². The summed E-state index contributed by atoms with van der Waals surface area (Å²) in [5, 5.41) is 13.7. The highest BCUT2D eigenvalue weighted by Gasteiger charge is 2.27. The van der Waals surface area contributed by atoms with Crippen molar-refractivity contribution in [3.63, 3.8) is 0 Å². The zero-order valence-electron chi connectivity index (χ0n) is 42.3. The van der Waals surface area contributed by atoms with Gasteiger partial charge in [0.1, 0.15) is 13.2 Å². The Morgan fingerprint density at radius 1 is 0.673 bits per heavy atom. The Balaban J connectivity index is 5.04. The van der Waals surface area contributed by atoms with Crippen LogP contribution in [0.4, 0.5) is 0 Å². The zero-order chi connectivity index (χ0) is 46.1. The molecule has 9 heteroatoms. The van der Waals surface area contributed by atoms with Crippen LogP contribution >= 0.6 is 7.82 Å². The molecule has 1 amide bonds. The van der Waals surface area contributed by atoms with Crippen LogP contribution in [-0.4, -0.2) is 73.2 Å². The van der Waals surface area contributed by atoms with Gasteiger partial charge in [-0.05, 0) is 44.9 Å². The first-order valence-corrected chi connectivity index (χ1v) is 22.5. The molecule has 0 aliphatic heterocycles. The Hall–Kier alpha value is -1.02. The molecule has 0 radical (unpaired) electrons. The Kier molecular flexibility index (Phi) is 25.1. The summed E-state index contributed by atoms with van der Waals surface area (Å²) >= 11 is 0. The number of carbonyl (C=O) groups excluding carboxylic acids is 1. The lowest BCUT2D eigenvalue weighted by Gasteiger charge is -2.25. The van der Waals surface area contributed by atoms with Crippen molar-refractivity contribution in [1.29, 1.82) is 0 Å². The second-order valence-electron chi connectivity index (χ2n) is 14.6. The van der Waals surface area contributed by atoms with Gasteiger partial charge in [-0.2, -0.15) is 0 Å². The minimum absolute atomic E-state index is 0.182. The van der Waals surface area contributed by atoms with Gasteiger partial charge >= 0.3 is 7.82 Å². The second kappa shape index (κ2) is 35.7. The van der Waals surface area contributed by atoms with Crippen LogP contribution in [0.5, 0.6) is 0 Å². The highest BCUT2D eigenvalue weighted by Crippen LogP contribution is 2.43. The average molecular weight is 767 g/mol. The van der Waals surface area contributed by atoms with Crippen molar-refractivity contribution in [2.45, 2.75) is 206 Å². The maximum absolute atomic E-state index is 13.0. The van der Waals surface area contributed by atoms with Crippen molar-refractivity contribution in [3.8, 4) is 0 Å².